The van der Waals surface area contributed by atoms with Gasteiger partial charge in [0.15, 0.2) is 5.82 Å². The Hall–Kier alpha value is -2.99. The van der Waals surface area contributed by atoms with E-state index in [1.807, 2.05) is 34.7 Å². The van der Waals surface area contributed by atoms with E-state index < -0.39 is 0 Å². The molecule has 2 aromatic heterocycles. The van der Waals surface area contributed by atoms with Crippen LogP contribution >= 0.6 is 0 Å². The van der Waals surface area contributed by atoms with Gasteiger partial charge < -0.3 is 0 Å². The van der Waals surface area contributed by atoms with Crippen molar-refractivity contribution in [1.82, 2.24) is 24.1 Å². The first-order chi connectivity index (χ1) is 12.6. The maximum atomic E-state index is 12.5. The van der Waals surface area contributed by atoms with E-state index in [2.05, 4.69) is 53.3 Å². The van der Waals surface area contributed by atoms with Gasteiger partial charge in [0.05, 0.1) is 17.4 Å². The summed E-state index contributed by atoms with van der Waals surface area (Å²) < 4.78 is 3.53. The molecule has 1 atom stereocenters. The standard InChI is InChI=1S/C20H21N5O/c1-14(15-9-5-4-6-10-15)23(2)13-18-21-22-20-24(3)19(26)16-11-7-8-12-17(16)25(18)20/h4-12,14H,13H2,1-3H3. The summed E-state index contributed by atoms with van der Waals surface area (Å²) in [6.07, 6.45) is 0. The van der Waals surface area contributed by atoms with Crippen molar-refractivity contribution in [2.75, 3.05) is 7.05 Å². The Bertz CT molecular complexity index is 1130. The van der Waals surface area contributed by atoms with Gasteiger partial charge in [-0.3, -0.25) is 18.7 Å². The van der Waals surface area contributed by atoms with Gasteiger partial charge in [-0.15, -0.1) is 10.2 Å². The van der Waals surface area contributed by atoms with Gasteiger partial charge in [-0.2, -0.15) is 0 Å². The number of nitrogens with zero attached hydrogens (tertiary/aromatic N) is 5. The number of aryl methyl sites for hydroxylation is 1. The second-order valence-corrected chi connectivity index (χ2v) is 6.63. The molecule has 132 valence electrons. The molecule has 0 aliphatic heterocycles. The van der Waals surface area contributed by atoms with Crippen molar-refractivity contribution in [2.45, 2.75) is 19.5 Å². The zero-order valence-corrected chi connectivity index (χ0v) is 15.1. The lowest BCUT2D eigenvalue weighted by Gasteiger charge is -2.24. The van der Waals surface area contributed by atoms with Gasteiger partial charge >= 0.3 is 0 Å². The normalized spacial score (nSPS) is 12.9. The molecule has 4 aromatic rings. The third kappa shape index (κ3) is 2.59. The maximum absolute atomic E-state index is 12.5. The number of aromatic nitrogens is 4. The molecule has 0 spiro atoms. The van der Waals surface area contributed by atoms with Crippen LogP contribution in [0.2, 0.25) is 0 Å². The summed E-state index contributed by atoms with van der Waals surface area (Å²) in [4.78, 5) is 14.8. The summed E-state index contributed by atoms with van der Waals surface area (Å²) in [5.74, 6) is 1.38. The SMILES string of the molecule is CC(c1ccccc1)N(C)Cc1nnc2n(C)c(=O)c3ccccc3n12. The Morgan fingerprint density at radius 3 is 2.50 bits per heavy atom. The molecule has 0 radical (unpaired) electrons. The van der Waals surface area contributed by atoms with Crippen LogP contribution in [-0.4, -0.2) is 31.1 Å². The Morgan fingerprint density at radius 1 is 1.04 bits per heavy atom. The van der Waals surface area contributed by atoms with Crippen LogP contribution in [0.25, 0.3) is 16.7 Å². The quantitative estimate of drug-likeness (QED) is 0.570. The van der Waals surface area contributed by atoms with Crippen LogP contribution < -0.4 is 5.56 Å². The molecule has 0 bridgehead atoms. The molecule has 0 aliphatic carbocycles. The Balaban J connectivity index is 1.79. The number of rotatable bonds is 4. The Labute approximate surface area is 151 Å². The summed E-state index contributed by atoms with van der Waals surface area (Å²) in [6.45, 7) is 2.80. The van der Waals surface area contributed by atoms with E-state index in [1.165, 1.54) is 5.56 Å². The van der Waals surface area contributed by atoms with E-state index in [1.54, 1.807) is 11.6 Å². The van der Waals surface area contributed by atoms with E-state index in [4.69, 9.17) is 0 Å². The topological polar surface area (TPSA) is 55.4 Å². The summed E-state index contributed by atoms with van der Waals surface area (Å²) >= 11 is 0. The molecule has 0 aliphatic rings. The molecular weight excluding hydrogens is 326 g/mol. The van der Waals surface area contributed by atoms with E-state index in [0.29, 0.717) is 17.7 Å². The highest BCUT2D eigenvalue weighted by molar-refractivity contribution is 5.80. The van der Waals surface area contributed by atoms with Gasteiger partial charge in [0.25, 0.3) is 5.56 Å². The lowest BCUT2D eigenvalue weighted by molar-refractivity contribution is 0.246. The second kappa shape index (κ2) is 6.38. The van der Waals surface area contributed by atoms with Gasteiger partial charge in [-0.1, -0.05) is 42.5 Å². The zero-order chi connectivity index (χ0) is 18.3. The molecule has 6 nitrogen and oxygen atoms in total. The van der Waals surface area contributed by atoms with Gasteiger partial charge in [0, 0.05) is 13.1 Å². The summed E-state index contributed by atoms with van der Waals surface area (Å²) in [5.41, 5.74) is 2.03. The predicted molar refractivity (Wildman–Crippen MR) is 102 cm³/mol. The third-order valence-electron chi connectivity index (χ3n) is 5.03. The summed E-state index contributed by atoms with van der Waals surface area (Å²) in [5, 5.41) is 9.31. The average molecular weight is 347 g/mol. The molecule has 0 saturated heterocycles. The minimum Gasteiger partial charge on any atom is -0.292 e. The summed E-state index contributed by atoms with van der Waals surface area (Å²) in [6, 6.07) is 18.2. The molecule has 0 amide bonds. The smallest absolute Gasteiger partial charge is 0.262 e. The fraction of sp³-hybridized carbons (Fsp3) is 0.250. The third-order valence-corrected chi connectivity index (χ3v) is 5.03. The Morgan fingerprint density at radius 2 is 1.73 bits per heavy atom. The van der Waals surface area contributed by atoms with Gasteiger partial charge in [-0.25, -0.2) is 0 Å². The summed E-state index contributed by atoms with van der Waals surface area (Å²) in [7, 11) is 3.81. The number of hydrogen-bond donors (Lipinski definition) is 0. The highest BCUT2D eigenvalue weighted by atomic mass is 16.1. The average Bonchev–Trinajstić information content (AvgIpc) is 3.10. The van der Waals surface area contributed by atoms with E-state index in [-0.39, 0.29) is 11.6 Å². The van der Waals surface area contributed by atoms with E-state index >= 15 is 0 Å². The van der Waals surface area contributed by atoms with Gasteiger partial charge in [0.1, 0.15) is 0 Å². The predicted octanol–water partition coefficient (Wildman–Crippen LogP) is 2.77. The fourth-order valence-corrected chi connectivity index (χ4v) is 3.34. The van der Waals surface area contributed by atoms with Crippen LogP contribution in [0.4, 0.5) is 0 Å². The zero-order valence-electron chi connectivity index (χ0n) is 15.1. The van der Waals surface area contributed by atoms with Gasteiger partial charge in [0.2, 0.25) is 5.78 Å². The lowest BCUT2D eigenvalue weighted by Crippen LogP contribution is -2.24. The molecule has 1 unspecified atom stereocenters. The largest absolute Gasteiger partial charge is 0.292 e. The lowest BCUT2D eigenvalue weighted by atomic mass is 10.1. The molecule has 2 aromatic carbocycles. The minimum absolute atomic E-state index is 0.0574. The van der Waals surface area contributed by atoms with Crippen molar-refractivity contribution >= 4 is 16.7 Å². The van der Waals surface area contributed by atoms with Crippen LogP contribution in [-0.2, 0) is 13.6 Å². The van der Waals surface area contributed by atoms with Crippen LogP contribution in [0.15, 0.2) is 59.4 Å². The van der Waals surface area contributed by atoms with Crippen LogP contribution in [0.1, 0.15) is 24.4 Å². The Kier molecular flexibility index (Phi) is 4.05. The van der Waals surface area contributed by atoms with Crippen LogP contribution in [0.5, 0.6) is 0 Å². The molecule has 2 heterocycles. The van der Waals surface area contributed by atoms with Crippen molar-refractivity contribution in [3.05, 3.63) is 76.3 Å². The van der Waals surface area contributed by atoms with Crippen molar-refractivity contribution in [3.8, 4) is 0 Å². The van der Waals surface area contributed by atoms with Crippen molar-refractivity contribution in [3.63, 3.8) is 0 Å². The van der Waals surface area contributed by atoms with Crippen molar-refractivity contribution in [2.24, 2.45) is 7.05 Å². The monoisotopic (exact) mass is 347 g/mol. The van der Waals surface area contributed by atoms with Crippen LogP contribution in [0.3, 0.4) is 0 Å². The molecule has 4 rings (SSSR count). The highest BCUT2D eigenvalue weighted by Crippen LogP contribution is 2.21. The minimum atomic E-state index is -0.0574. The molecule has 26 heavy (non-hydrogen) atoms. The van der Waals surface area contributed by atoms with Crippen LogP contribution in [0, 0.1) is 0 Å². The van der Waals surface area contributed by atoms with Gasteiger partial charge in [-0.05, 0) is 31.7 Å². The maximum Gasteiger partial charge on any atom is 0.262 e. The first kappa shape index (κ1) is 16.5. The number of fused-ring (bicyclic) bond motifs is 3. The van der Waals surface area contributed by atoms with Crippen molar-refractivity contribution in [1.29, 1.82) is 0 Å². The number of benzene rings is 2. The molecule has 0 fully saturated rings. The second-order valence-electron chi connectivity index (χ2n) is 6.63. The first-order valence-corrected chi connectivity index (χ1v) is 8.65. The number of hydrogen-bond acceptors (Lipinski definition) is 4. The van der Waals surface area contributed by atoms with Crippen molar-refractivity contribution < 1.29 is 0 Å². The van der Waals surface area contributed by atoms with E-state index in [0.717, 1.165) is 11.3 Å². The molecular formula is C20H21N5O. The highest BCUT2D eigenvalue weighted by Gasteiger charge is 2.18. The van der Waals surface area contributed by atoms with E-state index in [9.17, 15) is 4.79 Å². The number of para-hydroxylation sites is 1. The first-order valence-electron chi connectivity index (χ1n) is 8.65. The fourth-order valence-electron chi connectivity index (χ4n) is 3.34. The molecule has 0 saturated carbocycles. The molecule has 0 N–H and O–H groups in total. The molecule has 6 heteroatoms.